The van der Waals surface area contributed by atoms with Crippen LogP contribution < -0.4 is 5.32 Å². The fraction of sp³-hybridized carbons (Fsp3) is 0.385. The molecule has 0 aromatic carbocycles. The number of rotatable bonds is 3. The van der Waals surface area contributed by atoms with E-state index < -0.39 is 0 Å². The fourth-order valence-electron chi connectivity index (χ4n) is 1.97. The minimum absolute atomic E-state index is 0.126. The molecule has 6 heteroatoms. The van der Waals surface area contributed by atoms with Crippen molar-refractivity contribution in [1.82, 2.24) is 25.1 Å². The predicted molar refractivity (Wildman–Crippen MR) is 70.6 cm³/mol. The summed E-state index contributed by atoms with van der Waals surface area (Å²) < 4.78 is 1.71. The monoisotopic (exact) mass is 259 g/mol. The molecule has 0 aliphatic carbocycles. The van der Waals surface area contributed by atoms with Crippen molar-refractivity contribution in [3.63, 3.8) is 0 Å². The summed E-state index contributed by atoms with van der Waals surface area (Å²) in [6.45, 7) is 5.98. The highest BCUT2D eigenvalue weighted by Crippen LogP contribution is 2.11. The van der Waals surface area contributed by atoms with Crippen molar-refractivity contribution in [2.24, 2.45) is 7.05 Å². The second-order valence-electron chi connectivity index (χ2n) is 4.50. The van der Waals surface area contributed by atoms with Crippen molar-refractivity contribution in [1.29, 1.82) is 0 Å². The Morgan fingerprint density at radius 3 is 2.63 bits per heavy atom. The maximum Gasteiger partial charge on any atom is 0.255 e. The lowest BCUT2D eigenvalue weighted by Crippen LogP contribution is -2.24. The Labute approximate surface area is 111 Å². The number of aryl methyl sites for hydroxylation is 3. The molecule has 6 nitrogen and oxygen atoms in total. The number of carbonyl (C=O) groups is 1. The van der Waals surface area contributed by atoms with Gasteiger partial charge in [0, 0.05) is 18.4 Å². The van der Waals surface area contributed by atoms with Crippen LogP contribution in [0.3, 0.4) is 0 Å². The predicted octanol–water partition coefficient (Wildman–Crippen LogP) is 1.07. The number of nitrogens with zero attached hydrogens (tertiary/aromatic N) is 4. The van der Waals surface area contributed by atoms with E-state index in [1.165, 1.54) is 6.33 Å². The largest absolute Gasteiger partial charge is 0.346 e. The molecule has 1 amide bonds. The van der Waals surface area contributed by atoms with E-state index in [0.717, 1.165) is 22.8 Å². The van der Waals surface area contributed by atoms with Gasteiger partial charge >= 0.3 is 0 Å². The van der Waals surface area contributed by atoms with Gasteiger partial charge in [-0.2, -0.15) is 5.10 Å². The number of aromatic nitrogens is 4. The lowest BCUT2D eigenvalue weighted by Gasteiger charge is -2.05. The molecule has 0 unspecified atom stereocenters. The van der Waals surface area contributed by atoms with E-state index in [1.807, 2.05) is 33.9 Å². The van der Waals surface area contributed by atoms with Crippen molar-refractivity contribution in [3.8, 4) is 0 Å². The van der Waals surface area contributed by atoms with Crippen molar-refractivity contribution < 1.29 is 4.79 Å². The summed E-state index contributed by atoms with van der Waals surface area (Å²) in [5.41, 5.74) is 3.89. The van der Waals surface area contributed by atoms with Gasteiger partial charge in [0.05, 0.1) is 23.5 Å². The maximum absolute atomic E-state index is 12.2. The van der Waals surface area contributed by atoms with Crippen molar-refractivity contribution in [2.45, 2.75) is 27.3 Å². The molecule has 2 aromatic heterocycles. The highest BCUT2D eigenvalue weighted by Gasteiger charge is 2.16. The van der Waals surface area contributed by atoms with Crippen LogP contribution >= 0.6 is 0 Å². The van der Waals surface area contributed by atoms with Crippen LogP contribution in [0.5, 0.6) is 0 Å². The topological polar surface area (TPSA) is 72.7 Å². The third-order valence-corrected chi connectivity index (χ3v) is 3.03. The highest BCUT2D eigenvalue weighted by atomic mass is 16.1. The van der Waals surface area contributed by atoms with Gasteiger partial charge < -0.3 is 5.32 Å². The molecule has 100 valence electrons. The molecule has 0 aliphatic rings. The minimum Gasteiger partial charge on any atom is -0.346 e. The second kappa shape index (κ2) is 5.17. The van der Waals surface area contributed by atoms with E-state index in [9.17, 15) is 4.79 Å². The van der Waals surface area contributed by atoms with Crippen LogP contribution in [0.1, 0.15) is 33.1 Å². The third-order valence-electron chi connectivity index (χ3n) is 3.03. The van der Waals surface area contributed by atoms with Gasteiger partial charge in [-0.25, -0.2) is 9.97 Å². The van der Waals surface area contributed by atoms with Gasteiger partial charge in [0.25, 0.3) is 5.91 Å². The summed E-state index contributed by atoms with van der Waals surface area (Å²) in [5.74, 6) is -0.126. The summed E-state index contributed by atoms with van der Waals surface area (Å²) in [7, 11) is 1.83. The third kappa shape index (κ3) is 2.78. The summed E-state index contributed by atoms with van der Waals surface area (Å²) in [6.07, 6.45) is 1.50. The molecule has 0 aliphatic heterocycles. The van der Waals surface area contributed by atoms with Gasteiger partial charge in [-0.3, -0.25) is 9.48 Å². The van der Waals surface area contributed by atoms with E-state index >= 15 is 0 Å². The Kier molecular flexibility index (Phi) is 3.59. The molecule has 0 spiro atoms. The quantitative estimate of drug-likeness (QED) is 0.894. The minimum atomic E-state index is -0.126. The van der Waals surface area contributed by atoms with Gasteiger partial charge in [0.2, 0.25) is 0 Å². The molecule has 0 atom stereocenters. The van der Waals surface area contributed by atoms with Crippen LogP contribution in [0.25, 0.3) is 0 Å². The van der Waals surface area contributed by atoms with E-state index in [0.29, 0.717) is 12.1 Å². The zero-order valence-corrected chi connectivity index (χ0v) is 11.6. The number of hydrogen-bond acceptors (Lipinski definition) is 4. The lowest BCUT2D eigenvalue weighted by molar-refractivity contribution is 0.0949. The van der Waals surface area contributed by atoms with Gasteiger partial charge in [-0.15, -0.1) is 0 Å². The summed E-state index contributed by atoms with van der Waals surface area (Å²) in [4.78, 5) is 20.3. The normalized spacial score (nSPS) is 10.5. The van der Waals surface area contributed by atoms with Gasteiger partial charge in [-0.1, -0.05) is 0 Å². The summed E-state index contributed by atoms with van der Waals surface area (Å²) in [5, 5.41) is 7.09. The summed E-state index contributed by atoms with van der Waals surface area (Å²) >= 11 is 0. The maximum atomic E-state index is 12.2. The van der Waals surface area contributed by atoms with Crippen LogP contribution in [-0.2, 0) is 13.6 Å². The average molecular weight is 259 g/mol. The Morgan fingerprint density at radius 2 is 2.05 bits per heavy atom. The van der Waals surface area contributed by atoms with Gasteiger partial charge in [0.15, 0.2) is 0 Å². The Morgan fingerprint density at radius 1 is 1.32 bits per heavy atom. The molecule has 19 heavy (non-hydrogen) atoms. The van der Waals surface area contributed by atoms with Crippen molar-refractivity contribution in [3.05, 3.63) is 40.7 Å². The molecule has 1 N–H and O–H groups in total. The molecule has 0 radical (unpaired) electrons. The smallest absolute Gasteiger partial charge is 0.255 e. The second-order valence-corrected chi connectivity index (χ2v) is 4.50. The van der Waals surface area contributed by atoms with Crippen LogP contribution in [0.2, 0.25) is 0 Å². The van der Waals surface area contributed by atoms with E-state index in [2.05, 4.69) is 20.4 Å². The van der Waals surface area contributed by atoms with Crippen LogP contribution in [0, 0.1) is 20.8 Å². The number of amides is 1. The van der Waals surface area contributed by atoms with Crippen LogP contribution in [0.15, 0.2) is 12.4 Å². The average Bonchev–Trinajstić information content (AvgIpc) is 2.61. The molecule has 0 saturated heterocycles. The van der Waals surface area contributed by atoms with Crippen molar-refractivity contribution >= 4 is 5.91 Å². The highest BCUT2D eigenvalue weighted by molar-refractivity contribution is 5.96. The SMILES string of the molecule is Cc1cc(CNC(=O)c2c(C)nn(C)c2C)ncn1. The number of nitrogens with one attached hydrogen (secondary N) is 1. The van der Waals surface area contributed by atoms with Crippen LogP contribution in [0.4, 0.5) is 0 Å². The molecule has 2 aromatic rings. The first-order chi connectivity index (χ1) is 8.99. The zero-order valence-electron chi connectivity index (χ0n) is 11.6. The first-order valence-corrected chi connectivity index (χ1v) is 6.05. The Hall–Kier alpha value is -2.24. The molecular weight excluding hydrogens is 242 g/mol. The first kappa shape index (κ1) is 13.2. The summed E-state index contributed by atoms with van der Waals surface area (Å²) in [6, 6.07) is 1.85. The molecule has 0 bridgehead atoms. The van der Waals surface area contributed by atoms with E-state index in [-0.39, 0.29) is 5.91 Å². The standard InChI is InChI=1S/C13H17N5O/c1-8-5-11(16-7-15-8)6-14-13(19)12-9(2)17-18(4)10(12)3/h5,7H,6H2,1-4H3,(H,14,19). The first-order valence-electron chi connectivity index (χ1n) is 6.05. The van der Waals surface area contributed by atoms with E-state index in [4.69, 9.17) is 0 Å². The number of carbonyl (C=O) groups excluding carboxylic acids is 1. The fourth-order valence-corrected chi connectivity index (χ4v) is 1.97. The lowest BCUT2D eigenvalue weighted by atomic mass is 10.2. The molecular formula is C13H17N5O. The van der Waals surface area contributed by atoms with E-state index in [1.54, 1.807) is 4.68 Å². The van der Waals surface area contributed by atoms with Crippen molar-refractivity contribution in [2.75, 3.05) is 0 Å². The molecule has 2 heterocycles. The van der Waals surface area contributed by atoms with Gasteiger partial charge in [0.1, 0.15) is 6.33 Å². The van der Waals surface area contributed by atoms with Crippen LogP contribution in [-0.4, -0.2) is 25.7 Å². The number of hydrogen-bond donors (Lipinski definition) is 1. The molecule has 2 rings (SSSR count). The Balaban J connectivity index is 2.10. The molecule has 0 fully saturated rings. The van der Waals surface area contributed by atoms with Gasteiger partial charge in [-0.05, 0) is 26.8 Å². The molecule has 0 saturated carbocycles. The Bertz CT molecular complexity index is 617. The zero-order chi connectivity index (χ0) is 14.0.